The number of aromatic hydroxyl groups is 4. The van der Waals surface area contributed by atoms with E-state index in [9.17, 15) is 25.5 Å². The first kappa shape index (κ1) is 36.2. The van der Waals surface area contributed by atoms with Crippen molar-refractivity contribution < 1.29 is 25.5 Å². The highest BCUT2D eigenvalue weighted by atomic mass is 79.9. The number of hydrogen-bond donors (Lipinski definition) is 5. The molecule has 0 heterocycles. The van der Waals surface area contributed by atoms with Crippen LogP contribution in [-0.4, -0.2) is 37.5 Å². The SMILES string of the molecule is OCCC(c1ccc(O)cc1)C(c1ccccc1)c1ccc(O)cc1.Oc1ccc(C(CCBr)C(c2ccccc2)c2ccc(O)cc2)cc1. The lowest BCUT2D eigenvalue weighted by atomic mass is 9.75. The highest BCUT2D eigenvalue weighted by Crippen LogP contribution is 2.43. The molecule has 6 heteroatoms. The van der Waals surface area contributed by atoms with E-state index in [4.69, 9.17) is 0 Å². The molecule has 4 unspecified atom stereocenters. The highest BCUT2D eigenvalue weighted by molar-refractivity contribution is 9.09. The van der Waals surface area contributed by atoms with Crippen LogP contribution >= 0.6 is 15.9 Å². The highest BCUT2D eigenvalue weighted by Gasteiger charge is 2.27. The van der Waals surface area contributed by atoms with Crippen LogP contribution in [0, 0.1) is 0 Å². The number of hydrogen-bond acceptors (Lipinski definition) is 5. The topological polar surface area (TPSA) is 101 Å². The molecule has 6 aromatic carbocycles. The van der Waals surface area contributed by atoms with E-state index in [0.29, 0.717) is 6.42 Å². The van der Waals surface area contributed by atoms with E-state index in [1.807, 2.05) is 72.8 Å². The van der Waals surface area contributed by atoms with Crippen LogP contribution in [0.1, 0.15) is 69.9 Å². The van der Waals surface area contributed by atoms with Crippen molar-refractivity contribution in [2.24, 2.45) is 0 Å². The number of alkyl halides is 1. The van der Waals surface area contributed by atoms with Gasteiger partial charge >= 0.3 is 0 Å². The Labute approximate surface area is 302 Å². The molecule has 0 saturated heterocycles. The summed E-state index contributed by atoms with van der Waals surface area (Å²) in [5.41, 5.74) is 6.90. The number of aliphatic hydroxyl groups excluding tert-OH is 1. The van der Waals surface area contributed by atoms with Gasteiger partial charge in [-0.25, -0.2) is 0 Å². The summed E-state index contributed by atoms with van der Waals surface area (Å²) >= 11 is 3.60. The molecule has 0 saturated carbocycles. The number of benzene rings is 6. The fourth-order valence-electron chi connectivity index (χ4n) is 6.75. The minimum atomic E-state index is 0.0403. The van der Waals surface area contributed by atoms with Gasteiger partial charge in [0.1, 0.15) is 23.0 Å². The summed E-state index contributed by atoms with van der Waals surface area (Å²) in [5.74, 6) is 1.54. The van der Waals surface area contributed by atoms with Gasteiger partial charge in [-0.1, -0.05) is 125 Å². The van der Waals surface area contributed by atoms with Crippen molar-refractivity contribution in [3.63, 3.8) is 0 Å². The molecular weight excluding hydrogens is 688 g/mol. The second kappa shape index (κ2) is 18.1. The van der Waals surface area contributed by atoms with E-state index in [1.165, 1.54) is 16.7 Å². The fraction of sp³-hybridized carbons (Fsp3) is 0.182. The first-order valence-electron chi connectivity index (χ1n) is 16.8. The third kappa shape index (κ3) is 9.56. The van der Waals surface area contributed by atoms with Gasteiger partial charge < -0.3 is 25.5 Å². The number of phenolic OH excluding ortho intramolecular Hbond substituents is 4. The van der Waals surface area contributed by atoms with Gasteiger partial charge in [0.05, 0.1) is 0 Å². The van der Waals surface area contributed by atoms with E-state index in [-0.39, 0.29) is 53.3 Å². The van der Waals surface area contributed by atoms with Crippen molar-refractivity contribution >= 4 is 15.9 Å². The van der Waals surface area contributed by atoms with Crippen LogP contribution in [0.2, 0.25) is 0 Å². The van der Waals surface area contributed by atoms with Gasteiger partial charge in [-0.05, 0) is 107 Å². The number of aliphatic hydroxyl groups is 1. The maximum absolute atomic E-state index is 9.66. The molecule has 6 aromatic rings. The Morgan fingerprint density at radius 2 is 0.640 bits per heavy atom. The molecule has 256 valence electrons. The zero-order valence-corrected chi connectivity index (χ0v) is 29.3. The van der Waals surface area contributed by atoms with Crippen molar-refractivity contribution in [2.45, 2.75) is 36.5 Å². The summed E-state index contributed by atoms with van der Waals surface area (Å²) in [5, 5.41) is 49.1. The van der Waals surface area contributed by atoms with Crippen molar-refractivity contribution in [1.82, 2.24) is 0 Å². The molecule has 0 amide bonds. The molecule has 0 bridgehead atoms. The molecule has 50 heavy (non-hydrogen) atoms. The smallest absolute Gasteiger partial charge is 0.115 e. The van der Waals surface area contributed by atoms with E-state index in [1.54, 1.807) is 48.5 Å². The maximum atomic E-state index is 9.66. The first-order chi connectivity index (χ1) is 24.4. The maximum Gasteiger partial charge on any atom is 0.115 e. The summed E-state index contributed by atoms with van der Waals surface area (Å²) in [6.07, 6.45) is 1.57. The van der Waals surface area contributed by atoms with E-state index < -0.39 is 0 Å². The summed E-state index contributed by atoms with van der Waals surface area (Å²) in [6.45, 7) is 0.0763. The van der Waals surface area contributed by atoms with Crippen LogP contribution in [-0.2, 0) is 0 Å². The predicted octanol–water partition coefficient (Wildman–Crippen LogP) is 10.2. The van der Waals surface area contributed by atoms with Gasteiger partial charge in [0.2, 0.25) is 0 Å². The Kier molecular flexibility index (Phi) is 13.1. The normalized spacial score (nSPS) is 13.3. The molecule has 0 spiro atoms. The van der Waals surface area contributed by atoms with Crippen molar-refractivity contribution in [1.29, 1.82) is 0 Å². The standard InChI is InChI=1S/C22H21BrO2.C22H22O3/c2*23-15-14-21(16-6-10-19(24)11-7-16)22(17-4-2-1-3-5-17)18-8-12-20(25)13-9-18/h1-13,21-22,24-25H,14-15H2;1-13,21-25H,14-15H2. The summed E-state index contributed by atoms with van der Waals surface area (Å²) in [4.78, 5) is 0. The lowest BCUT2D eigenvalue weighted by molar-refractivity contribution is 0.270. The van der Waals surface area contributed by atoms with Gasteiger partial charge in [-0.2, -0.15) is 0 Å². The molecule has 0 aliphatic carbocycles. The third-order valence-corrected chi connectivity index (χ3v) is 9.59. The van der Waals surface area contributed by atoms with Gasteiger partial charge in [0, 0.05) is 23.8 Å². The molecule has 0 fully saturated rings. The Morgan fingerprint density at radius 3 is 0.940 bits per heavy atom. The molecule has 5 nitrogen and oxygen atoms in total. The number of rotatable bonds is 12. The molecule has 0 radical (unpaired) electrons. The van der Waals surface area contributed by atoms with Gasteiger partial charge in [-0.3, -0.25) is 0 Å². The van der Waals surface area contributed by atoms with E-state index in [2.05, 4.69) is 52.3 Å². The Hall–Kier alpha value is -5.04. The van der Waals surface area contributed by atoms with Crippen LogP contribution in [0.15, 0.2) is 158 Å². The molecule has 0 aromatic heterocycles. The van der Waals surface area contributed by atoms with E-state index in [0.717, 1.165) is 28.4 Å². The average Bonchev–Trinajstić information content (AvgIpc) is 3.15. The van der Waals surface area contributed by atoms with E-state index >= 15 is 0 Å². The summed E-state index contributed by atoms with van der Waals surface area (Å²) in [6, 6.07) is 50.0. The van der Waals surface area contributed by atoms with Crippen molar-refractivity contribution in [3.8, 4) is 23.0 Å². The van der Waals surface area contributed by atoms with Crippen LogP contribution in [0.25, 0.3) is 0 Å². The van der Waals surface area contributed by atoms with Gasteiger partial charge in [0.25, 0.3) is 0 Å². The molecule has 5 N–H and O–H groups in total. The lowest BCUT2D eigenvalue weighted by Gasteiger charge is -2.28. The van der Waals surface area contributed by atoms with Gasteiger partial charge in [-0.15, -0.1) is 0 Å². The number of halogens is 1. The zero-order valence-electron chi connectivity index (χ0n) is 27.8. The third-order valence-electron chi connectivity index (χ3n) is 9.13. The average molecular weight is 732 g/mol. The lowest BCUT2D eigenvalue weighted by Crippen LogP contribution is -2.14. The first-order valence-corrected chi connectivity index (χ1v) is 17.9. The molecule has 0 aliphatic rings. The Balaban J connectivity index is 0.000000194. The summed E-state index contributed by atoms with van der Waals surface area (Å²) < 4.78 is 0. The predicted molar refractivity (Wildman–Crippen MR) is 205 cm³/mol. The van der Waals surface area contributed by atoms with Crippen LogP contribution < -0.4 is 0 Å². The fourth-order valence-corrected chi connectivity index (χ4v) is 7.24. The van der Waals surface area contributed by atoms with Crippen molar-refractivity contribution in [2.75, 3.05) is 11.9 Å². The van der Waals surface area contributed by atoms with Crippen LogP contribution in [0.3, 0.4) is 0 Å². The Bertz CT molecular complexity index is 1700. The second-order valence-electron chi connectivity index (χ2n) is 12.3. The van der Waals surface area contributed by atoms with Gasteiger partial charge in [0.15, 0.2) is 0 Å². The molecule has 0 aliphatic heterocycles. The number of phenols is 4. The quantitative estimate of drug-likeness (QED) is 0.0807. The monoisotopic (exact) mass is 730 g/mol. The molecule has 6 rings (SSSR count). The molecular formula is C44H43BrO5. The van der Waals surface area contributed by atoms with Crippen molar-refractivity contribution in [3.05, 3.63) is 191 Å². The van der Waals surface area contributed by atoms with Crippen LogP contribution in [0.5, 0.6) is 23.0 Å². The largest absolute Gasteiger partial charge is 0.508 e. The summed E-state index contributed by atoms with van der Waals surface area (Å²) in [7, 11) is 0. The van der Waals surface area contributed by atoms with Crippen LogP contribution in [0.4, 0.5) is 0 Å². The minimum absolute atomic E-state index is 0.0403. The minimum Gasteiger partial charge on any atom is -0.508 e. The second-order valence-corrected chi connectivity index (χ2v) is 13.1. The zero-order chi connectivity index (χ0) is 35.3. The Morgan fingerprint density at radius 1 is 0.360 bits per heavy atom. The molecule has 4 atom stereocenters.